The molecule has 8 heteroatoms. The molecule has 196 valence electrons. The molecule has 3 heterocycles. The van der Waals surface area contributed by atoms with Gasteiger partial charge in [-0.25, -0.2) is 4.79 Å². The second-order valence-corrected chi connectivity index (χ2v) is 10.5. The van der Waals surface area contributed by atoms with Crippen LogP contribution in [0.3, 0.4) is 0 Å². The Morgan fingerprint density at radius 3 is 2.68 bits per heavy atom. The maximum absolute atomic E-state index is 12.3. The van der Waals surface area contributed by atoms with Gasteiger partial charge in [-0.1, -0.05) is 30.0 Å². The van der Waals surface area contributed by atoms with Crippen molar-refractivity contribution in [1.82, 2.24) is 4.90 Å². The molecule has 1 amide bonds. The van der Waals surface area contributed by atoms with E-state index in [1.807, 2.05) is 45.0 Å². The molecule has 0 bridgehead atoms. The summed E-state index contributed by atoms with van der Waals surface area (Å²) in [5.41, 5.74) is 2.82. The van der Waals surface area contributed by atoms with Crippen molar-refractivity contribution >= 4 is 34.5 Å². The molecule has 2 aliphatic rings. The first-order chi connectivity index (χ1) is 18.2. The lowest BCUT2D eigenvalue weighted by Gasteiger charge is -2.32. The second kappa shape index (κ2) is 10.3. The molecule has 5 rings (SSSR count). The number of amides is 1. The highest BCUT2D eigenvalue weighted by Gasteiger charge is 2.26. The maximum atomic E-state index is 12.3. The summed E-state index contributed by atoms with van der Waals surface area (Å²) in [6.45, 7) is 6.94. The van der Waals surface area contributed by atoms with Crippen LogP contribution in [0, 0.1) is 17.8 Å². The number of piperidine rings is 1. The van der Waals surface area contributed by atoms with Gasteiger partial charge < -0.3 is 23.9 Å². The monoisotopic (exact) mass is 513 g/mol. The van der Waals surface area contributed by atoms with Crippen molar-refractivity contribution in [3.63, 3.8) is 0 Å². The number of aromatic hydroxyl groups is 1. The Hall–Kier alpha value is -4.25. The normalized spacial score (nSPS) is 16.4. The van der Waals surface area contributed by atoms with E-state index in [-0.39, 0.29) is 17.6 Å². The first kappa shape index (κ1) is 25.4. The van der Waals surface area contributed by atoms with E-state index >= 15 is 0 Å². The smallest absolute Gasteiger partial charge is 0.410 e. The zero-order valence-electron chi connectivity index (χ0n) is 22.1. The predicted molar refractivity (Wildman–Crippen MR) is 145 cm³/mol. The van der Waals surface area contributed by atoms with Crippen LogP contribution in [0.4, 0.5) is 10.5 Å². The van der Waals surface area contributed by atoms with Crippen LogP contribution in [0.25, 0.3) is 22.7 Å². The number of azo groups is 1. The zero-order valence-corrected chi connectivity index (χ0v) is 22.1. The van der Waals surface area contributed by atoms with E-state index in [0.717, 1.165) is 24.1 Å². The number of nitrogens with zero attached hydrogens (tertiary/aromatic N) is 3. The summed E-state index contributed by atoms with van der Waals surface area (Å²) in [5, 5.41) is 19.9. The number of likely N-dealkylation sites (tertiary alicyclic amines) is 1. The molecule has 0 unspecified atom stereocenters. The summed E-state index contributed by atoms with van der Waals surface area (Å²) in [7, 11) is 1.58. The van der Waals surface area contributed by atoms with Crippen LogP contribution in [-0.2, 0) is 4.74 Å². The lowest BCUT2D eigenvalue weighted by atomic mass is 9.94. The van der Waals surface area contributed by atoms with Gasteiger partial charge in [0, 0.05) is 31.1 Å². The van der Waals surface area contributed by atoms with Gasteiger partial charge in [-0.15, -0.1) is 10.2 Å². The summed E-state index contributed by atoms with van der Waals surface area (Å²) in [6, 6.07) is 11.2. The summed E-state index contributed by atoms with van der Waals surface area (Å²) in [6.07, 6.45) is 3.84. The van der Waals surface area contributed by atoms with Crippen LogP contribution in [0.1, 0.15) is 56.9 Å². The number of hydrogen-bond acceptors (Lipinski definition) is 7. The zero-order chi connectivity index (χ0) is 26.9. The molecule has 2 aromatic carbocycles. The van der Waals surface area contributed by atoms with E-state index < -0.39 is 5.60 Å². The van der Waals surface area contributed by atoms with Gasteiger partial charge in [-0.3, -0.25) is 0 Å². The number of methoxy groups -OCH3 is 1. The summed E-state index contributed by atoms with van der Waals surface area (Å²) in [5.74, 6) is 7.76. The van der Waals surface area contributed by atoms with Gasteiger partial charge in [0.05, 0.1) is 23.9 Å². The highest BCUT2D eigenvalue weighted by molar-refractivity contribution is 5.96. The van der Waals surface area contributed by atoms with Gasteiger partial charge in [-0.05, 0) is 57.7 Å². The summed E-state index contributed by atoms with van der Waals surface area (Å²) in [4.78, 5) is 14.1. The molecule has 1 saturated heterocycles. The fraction of sp³-hybridized carbons (Fsp3) is 0.367. The van der Waals surface area contributed by atoms with Crippen molar-refractivity contribution in [2.45, 2.75) is 45.6 Å². The average Bonchev–Trinajstić information content (AvgIpc) is 3.44. The van der Waals surface area contributed by atoms with Crippen LogP contribution in [0.15, 0.2) is 51.0 Å². The number of hydrogen-bond donors (Lipinski definition) is 1. The third-order valence-electron chi connectivity index (χ3n) is 6.62. The second-order valence-electron chi connectivity index (χ2n) is 10.5. The maximum Gasteiger partial charge on any atom is 0.410 e. The Morgan fingerprint density at radius 1 is 1.18 bits per heavy atom. The van der Waals surface area contributed by atoms with Crippen molar-refractivity contribution in [2.24, 2.45) is 16.1 Å². The van der Waals surface area contributed by atoms with E-state index in [1.54, 1.807) is 30.2 Å². The fourth-order valence-corrected chi connectivity index (χ4v) is 4.63. The lowest BCUT2D eigenvalue weighted by molar-refractivity contribution is 0.0185. The fourth-order valence-electron chi connectivity index (χ4n) is 4.63. The van der Waals surface area contributed by atoms with Crippen LogP contribution in [0.5, 0.6) is 11.5 Å². The minimum atomic E-state index is -0.498. The third-order valence-corrected chi connectivity index (χ3v) is 6.62. The largest absolute Gasteiger partial charge is 0.504 e. The lowest BCUT2D eigenvalue weighted by Crippen LogP contribution is -2.41. The number of rotatable bonds is 3. The number of fused-ring (bicyclic) bond motifs is 2. The number of carbonyl (C=O) groups excluding carboxylic acids is 1. The molecule has 2 aliphatic heterocycles. The minimum absolute atomic E-state index is 0.0206. The van der Waals surface area contributed by atoms with E-state index in [4.69, 9.17) is 13.9 Å². The van der Waals surface area contributed by atoms with Crippen LogP contribution < -0.4 is 4.74 Å². The van der Waals surface area contributed by atoms with Gasteiger partial charge in [-0.2, -0.15) is 0 Å². The molecule has 0 aliphatic carbocycles. The van der Waals surface area contributed by atoms with Crippen molar-refractivity contribution in [3.05, 3.63) is 53.3 Å². The first-order valence-corrected chi connectivity index (χ1v) is 12.8. The van der Waals surface area contributed by atoms with Gasteiger partial charge in [0.2, 0.25) is 0 Å². The predicted octanol–water partition coefficient (Wildman–Crippen LogP) is 7.13. The average molecular weight is 514 g/mol. The number of furan rings is 1. The molecule has 0 spiro atoms. The first-order valence-electron chi connectivity index (χ1n) is 12.8. The Labute approximate surface area is 221 Å². The highest BCUT2D eigenvalue weighted by Crippen LogP contribution is 2.41. The van der Waals surface area contributed by atoms with Gasteiger partial charge >= 0.3 is 6.09 Å². The molecule has 0 saturated carbocycles. The molecule has 38 heavy (non-hydrogen) atoms. The molecular formula is C30H31N3O5. The SMILES string of the molecule is COc1ccc2c(O)c(C=C3N=Nc4ccccc43)oc2c1C#CCC1CCN(C(=O)OC(C)(C)C)CC1. The van der Waals surface area contributed by atoms with Crippen LogP contribution in [-0.4, -0.2) is 41.9 Å². The van der Waals surface area contributed by atoms with E-state index in [1.165, 1.54) is 0 Å². The summed E-state index contributed by atoms with van der Waals surface area (Å²) >= 11 is 0. The quantitative estimate of drug-likeness (QED) is 0.376. The van der Waals surface area contributed by atoms with Crippen LogP contribution in [0.2, 0.25) is 0 Å². The number of benzene rings is 2. The molecule has 1 N–H and O–H groups in total. The highest BCUT2D eigenvalue weighted by atomic mass is 16.6. The topological polar surface area (TPSA) is 96.9 Å². The molecule has 1 fully saturated rings. The van der Waals surface area contributed by atoms with Crippen molar-refractivity contribution < 1.29 is 23.8 Å². The molecule has 8 nitrogen and oxygen atoms in total. The molecule has 0 radical (unpaired) electrons. The van der Waals surface area contributed by atoms with Crippen molar-refractivity contribution in [1.29, 1.82) is 0 Å². The van der Waals surface area contributed by atoms with Gasteiger partial charge in [0.15, 0.2) is 17.1 Å². The Kier molecular flexibility index (Phi) is 6.85. The van der Waals surface area contributed by atoms with Gasteiger partial charge in [0.1, 0.15) is 16.9 Å². The Bertz CT molecular complexity index is 1490. The minimum Gasteiger partial charge on any atom is -0.504 e. The number of ether oxygens (including phenoxy) is 2. The standard InChI is InChI=1S/C30H31N3O5/c1-30(2,3)38-29(35)33-16-14-19(15-17-33)8-7-10-21-25(36-4)13-12-22-27(34)26(37-28(21)22)18-24-20-9-5-6-11-23(20)31-32-24/h5-6,9,11-13,18-19,34H,8,14-17H2,1-4H3. The van der Waals surface area contributed by atoms with E-state index in [2.05, 4.69) is 22.1 Å². The van der Waals surface area contributed by atoms with Crippen molar-refractivity contribution in [2.75, 3.05) is 20.2 Å². The van der Waals surface area contributed by atoms with E-state index in [9.17, 15) is 9.90 Å². The Balaban J connectivity index is 1.34. The van der Waals surface area contributed by atoms with Gasteiger partial charge in [0.25, 0.3) is 0 Å². The molecular weight excluding hydrogens is 482 g/mol. The van der Waals surface area contributed by atoms with E-state index in [0.29, 0.717) is 53.4 Å². The Morgan fingerprint density at radius 2 is 1.95 bits per heavy atom. The van der Waals surface area contributed by atoms with Crippen molar-refractivity contribution in [3.8, 4) is 23.3 Å². The third kappa shape index (κ3) is 5.23. The van der Waals surface area contributed by atoms with Crippen LogP contribution >= 0.6 is 0 Å². The summed E-state index contributed by atoms with van der Waals surface area (Å²) < 4.78 is 17.1. The number of carbonyl (C=O) groups is 1. The molecule has 3 aromatic rings. The molecule has 0 atom stereocenters. The molecule has 1 aromatic heterocycles.